The molecule has 1 heterocycles. The standard InChI is InChI=1S/C14H12N6/c15-11-5-4-8-2-1-3-9-13(8)10(11)6-12(14(9)16)20-7-17-18-19-20/h1-7,14H,15-16H2. The molecule has 1 aliphatic carbocycles. The van der Waals surface area contributed by atoms with Gasteiger partial charge in [-0.15, -0.1) is 5.10 Å². The minimum Gasteiger partial charge on any atom is -0.398 e. The Labute approximate surface area is 114 Å². The summed E-state index contributed by atoms with van der Waals surface area (Å²) in [6.07, 6.45) is 3.50. The summed E-state index contributed by atoms with van der Waals surface area (Å²) in [5.41, 5.74) is 16.0. The second kappa shape index (κ2) is 3.88. The molecule has 1 atom stereocenters. The summed E-state index contributed by atoms with van der Waals surface area (Å²) in [5, 5.41) is 13.5. The Kier molecular flexibility index (Phi) is 2.16. The molecule has 0 spiro atoms. The van der Waals surface area contributed by atoms with Crippen LogP contribution in [0.15, 0.2) is 36.7 Å². The smallest absolute Gasteiger partial charge is 0.143 e. The van der Waals surface area contributed by atoms with Crippen LogP contribution in [0.5, 0.6) is 0 Å². The number of nitrogens with zero attached hydrogens (tertiary/aromatic N) is 4. The second-order valence-electron chi connectivity index (χ2n) is 4.82. The van der Waals surface area contributed by atoms with Gasteiger partial charge < -0.3 is 11.5 Å². The Balaban J connectivity index is 2.09. The Hall–Kier alpha value is -2.73. The van der Waals surface area contributed by atoms with Crippen molar-refractivity contribution in [3.63, 3.8) is 0 Å². The van der Waals surface area contributed by atoms with E-state index in [0.717, 1.165) is 33.3 Å². The lowest BCUT2D eigenvalue weighted by molar-refractivity contribution is 0.749. The average Bonchev–Trinajstić information content (AvgIpc) is 2.99. The zero-order valence-corrected chi connectivity index (χ0v) is 10.6. The lowest BCUT2D eigenvalue weighted by atomic mass is 9.87. The van der Waals surface area contributed by atoms with Crippen LogP contribution in [0, 0.1) is 0 Å². The predicted octanol–water partition coefficient (Wildman–Crippen LogP) is 1.42. The molecule has 0 bridgehead atoms. The highest BCUT2D eigenvalue weighted by molar-refractivity contribution is 6.04. The van der Waals surface area contributed by atoms with Gasteiger partial charge in [-0.1, -0.05) is 24.3 Å². The van der Waals surface area contributed by atoms with Crippen molar-refractivity contribution >= 4 is 28.2 Å². The molecule has 6 heteroatoms. The first-order valence-electron chi connectivity index (χ1n) is 6.27. The predicted molar refractivity (Wildman–Crippen MR) is 77.3 cm³/mol. The fourth-order valence-corrected chi connectivity index (χ4v) is 2.75. The van der Waals surface area contributed by atoms with Crippen LogP contribution in [0.25, 0.3) is 22.5 Å². The Morgan fingerprint density at radius 3 is 2.85 bits per heavy atom. The van der Waals surface area contributed by atoms with Gasteiger partial charge in [0.05, 0.1) is 11.7 Å². The van der Waals surface area contributed by atoms with Gasteiger partial charge in [0.1, 0.15) is 6.33 Å². The second-order valence-corrected chi connectivity index (χ2v) is 4.82. The van der Waals surface area contributed by atoms with Gasteiger partial charge in [0.15, 0.2) is 0 Å². The largest absolute Gasteiger partial charge is 0.398 e. The highest BCUT2D eigenvalue weighted by Crippen LogP contribution is 2.39. The molecule has 0 fully saturated rings. The number of hydrogen-bond donors (Lipinski definition) is 2. The molecular weight excluding hydrogens is 252 g/mol. The van der Waals surface area contributed by atoms with Crippen LogP contribution in [-0.4, -0.2) is 20.2 Å². The fraction of sp³-hybridized carbons (Fsp3) is 0.0714. The molecule has 1 aromatic heterocycles. The monoisotopic (exact) mass is 264 g/mol. The normalized spacial score (nSPS) is 17.2. The van der Waals surface area contributed by atoms with Gasteiger partial charge in [0.25, 0.3) is 0 Å². The number of nitrogens with two attached hydrogens (primary N) is 2. The van der Waals surface area contributed by atoms with Crippen molar-refractivity contribution in [1.29, 1.82) is 0 Å². The van der Waals surface area contributed by atoms with E-state index >= 15 is 0 Å². The van der Waals surface area contributed by atoms with E-state index in [1.807, 2.05) is 30.3 Å². The topological polar surface area (TPSA) is 95.6 Å². The SMILES string of the molecule is Nc1ccc2cccc3c2c1C=C(n1cnnn1)C3N. The molecule has 1 unspecified atom stereocenters. The van der Waals surface area contributed by atoms with E-state index in [-0.39, 0.29) is 6.04 Å². The quantitative estimate of drug-likeness (QED) is 0.648. The molecule has 0 saturated carbocycles. The van der Waals surface area contributed by atoms with Gasteiger partial charge in [-0.3, -0.25) is 0 Å². The van der Waals surface area contributed by atoms with Crippen LogP contribution in [0.3, 0.4) is 0 Å². The number of hydrogen-bond acceptors (Lipinski definition) is 5. The first-order valence-corrected chi connectivity index (χ1v) is 6.27. The molecule has 98 valence electrons. The molecule has 2 aromatic carbocycles. The zero-order valence-electron chi connectivity index (χ0n) is 10.6. The third kappa shape index (κ3) is 1.39. The van der Waals surface area contributed by atoms with Crippen molar-refractivity contribution in [2.24, 2.45) is 5.73 Å². The maximum atomic E-state index is 6.36. The van der Waals surface area contributed by atoms with Crippen molar-refractivity contribution < 1.29 is 0 Å². The number of aromatic nitrogens is 4. The lowest BCUT2D eigenvalue weighted by Gasteiger charge is -2.24. The van der Waals surface area contributed by atoms with E-state index < -0.39 is 0 Å². The Morgan fingerprint density at radius 2 is 2.05 bits per heavy atom. The molecular formula is C14H12N6. The number of rotatable bonds is 1. The van der Waals surface area contributed by atoms with Crippen LogP contribution in [0.4, 0.5) is 5.69 Å². The molecule has 4 rings (SSSR count). The summed E-state index contributed by atoms with van der Waals surface area (Å²) in [7, 11) is 0. The van der Waals surface area contributed by atoms with Crippen LogP contribution >= 0.6 is 0 Å². The summed E-state index contributed by atoms with van der Waals surface area (Å²) in [5.74, 6) is 0. The molecule has 6 nitrogen and oxygen atoms in total. The van der Waals surface area contributed by atoms with Crippen LogP contribution < -0.4 is 11.5 Å². The minimum atomic E-state index is -0.281. The van der Waals surface area contributed by atoms with Crippen LogP contribution in [0.1, 0.15) is 17.2 Å². The molecule has 0 radical (unpaired) electrons. The van der Waals surface area contributed by atoms with E-state index in [9.17, 15) is 0 Å². The molecule has 0 aliphatic heterocycles. The highest BCUT2D eigenvalue weighted by Gasteiger charge is 2.24. The summed E-state index contributed by atoms with van der Waals surface area (Å²) < 4.78 is 1.58. The van der Waals surface area contributed by atoms with Crippen molar-refractivity contribution in [3.8, 4) is 0 Å². The van der Waals surface area contributed by atoms with Crippen molar-refractivity contribution in [3.05, 3.63) is 47.8 Å². The third-order valence-electron chi connectivity index (χ3n) is 3.71. The zero-order chi connectivity index (χ0) is 13.7. The number of benzene rings is 2. The highest BCUT2D eigenvalue weighted by atomic mass is 15.5. The first-order chi connectivity index (χ1) is 9.75. The maximum absolute atomic E-state index is 6.36. The van der Waals surface area contributed by atoms with E-state index in [1.54, 1.807) is 4.68 Å². The third-order valence-corrected chi connectivity index (χ3v) is 3.71. The number of nitrogen functional groups attached to an aromatic ring is 1. The van der Waals surface area contributed by atoms with Crippen LogP contribution in [-0.2, 0) is 0 Å². The molecule has 0 amide bonds. The Morgan fingerprint density at radius 1 is 1.15 bits per heavy atom. The summed E-state index contributed by atoms with van der Waals surface area (Å²) >= 11 is 0. The van der Waals surface area contributed by atoms with E-state index in [2.05, 4.69) is 21.6 Å². The van der Waals surface area contributed by atoms with Crippen molar-refractivity contribution in [2.75, 3.05) is 5.73 Å². The molecule has 1 aliphatic rings. The van der Waals surface area contributed by atoms with E-state index in [0.29, 0.717) is 0 Å². The van der Waals surface area contributed by atoms with Gasteiger partial charge in [-0.2, -0.15) is 0 Å². The molecule has 3 aromatic rings. The lowest BCUT2D eigenvalue weighted by Crippen LogP contribution is -2.20. The average molecular weight is 264 g/mol. The molecule has 0 saturated heterocycles. The van der Waals surface area contributed by atoms with E-state index in [1.165, 1.54) is 6.33 Å². The van der Waals surface area contributed by atoms with Gasteiger partial charge in [0.2, 0.25) is 0 Å². The van der Waals surface area contributed by atoms with Crippen molar-refractivity contribution in [2.45, 2.75) is 6.04 Å². The molecule has 4 N–H and O–H groups in total. The summed E-state index contributed by atoms with van der Waals surface area (Å²) in [6.45, 7) is 0. The molecule has 20 heavy (non-hydrogen) atoms. The summed E-state index contributed by atoms with van der Waals surface area (Å²) in [4.78, 5) is 0. The van der Waals surface area contributed by atoms with E-state index in [4.69, 9.17) is 11.5 Å². The first kappa shape index (κ1) is 11.1. The number of tetrazole rings is 1. The Bertz CT molecular complexity index is 834. The van der Waals surface area contributed by atoms with Gasteiger partial charge in [-0.25, -0.2) is 4.68 Å². The van der Waals surface area contributed by atoms with Gasteiger partial charge >= 0.3 is 0 Å². The fourth-order valence-electron chi connectivity index (χ4n) is 2.75. The summed E-state index contributed by atoms with van der Waals surface area (Å²) in [6, 6.07) is 9.72. The van der Waals surface area contributed by atoms with Gasteiger partial charge in [0, 0.05) is 11.3 Å². The van der Waals surface area contributed by atoms with Crippen molar-refractivity contribution in [1.82, 2.24) is 20.2 Å². The van der Waals surface area contributed by atoms with Crippen LogP contribution in [0.2, 0.25) is 0 Å². The van der Waals surface area contributed by atoms with Gasteiger partial charge in [-0.05, 0) is 38.9 Å². The maximum Gasteiger partial charge on any atom is 0.143 e. The number of anilines is 1. The minimum absolute atomic E-state index is 0.281.